The number of guanidine groups is 1. The summed E-state index contributed by atoms with van der Waals surface area (Å²) in [5.74, 6) is 1.29. The number of nitrogens with zero attached hydrogens (tertiary/aromatic N) is 3. The fraction of sp³-hybridized carbons (Fsp3) is 0.684. The number of unbranched alkanes of at least 4 members (excludes halogenated alkanes) is 1. The first-order chi connectivity index (χ1) is 12.8. The molecular weight excluding hydrogens is 459 g/mol. The number of halogens is 1. The molecule has 2 rings (SSSR count). The predicted molar refractivity (Wildman–Crippen MR) is 118 cm³/mol. The zero-order valence-electron chi connectivity index (χ0n) is 16.5. The van der Waals surface area contributed by atoms with Crippen LogP contribution in [0.25, 0.3) is 0 Å². The van der Waals surface area contributed by atoms with Gasteiger partial charge in [0.1, 0.15) is 0 Å². The van der Waals surface area contributed by atoms with Crippen LogP contribution in [0.15, 0.2) is 27.8 Å². The Morgan fingerprint density at radius 1 is 1.19 bits per heavy atom. The van der Waals surface area contributed by atoms with Crippen LogP contribution in [-0.2, 0) is 4.74 Å². The number of carbonyl (C=O) groups excluding carboxylic acids is 1. The molecule has 0 bridgehead atoms. The minimum absolute atomic E-state index is 0. The number of rotatable bonds is 9. The number of hydrogen-bond donors (Lipinski definition) is 1. The van der Waals surface area contributed by atoms with Gasteiger partial charge in [0.25, 0.3) is 5.91 Å². The summed E-state index contributed by atoms with van der Waals surface area (Å²) in [5, 5.41) is 3.35. The van der Waals surface area contributed by atoms with Crippen LogP contribution in [0.1, 0.15) is 43.7 Å². The van der Waals surface area contributed by atoms with Gasteiger partial charge >= 0.3 is 0 Å². The molecule has 1 aliphatic heterocycles. The summed E-state index contributed by atoms with van der Waals surface area (Å²) in [7, 11) is 0. The van der Waals surface area contributed by atoms with E-state index in [1.807, 2.05) is 4.90 Å². The van der Waals surface area contributed by atoms with Crippen LogP contribution in [-0.4, -0.2) is 74.1 Å². The third-order valence-corrected chi connectivity index (χ3v) is 4.28. The molecule has 0 atom stereocenters. The molecule has 1 N–H and O–H groups in total. The first-order valence-corrected chi connectivity index (χ1v) is 9.70. The van der Waals surface area contributed by atoms with Crippen molar-refractivity contribution in [1.82, 2.24) is 15.1 Å². The van der Waals surface area contributed by atoms with E-state index in [0.717, 1.165) is 64.6 Å². The van der Waals surface area contributed by atoms with E-state index >= 15 is 0 Å². The van der Waals surface area contributed by atoms with Crippen LogP contribution < -0.4 is 5.32 Å². The predicted octanol–water partition coefficient (Wildman–Crippen LogP) is 2.83. The molecule has 0 radical (unpaired) electrons. The molecule has 0 spiro atoms. The normalized spacial score (nSPS) is 14.8. The van der Waals surface area contributed by atoms with Crippen molar-refractivity contribution in [2.75, 3.05) is 52.5 Å². The highest BCUT2D eigenvalue weighted by Crippen LogP contribution is 2.09. The molecule has 7 nitrogen and oxygen atoms in total. The largest absolute Gasteiger partial charge is 0.459 e. The molecule has 1 aromatic rings. The summed E-state index contributed by atoms with van der Waals surface area (Å²) < 4.78 is 10.8. The van der Waals surface area contributed by atoms with Crippen LogP contribution in [0.3, 0.4) is 0 Å². The van der Waals surface area contributed by atoms with Gasteiger partial charge in [0.15, 0.2) is 11.7 Å². The maximum absolute atomic E-state index is 12.3. The minimum atomic E-state index is -0.0409. The summed E-state index contributed by atoms with van der Waals surface area (Å²) >= 11 is 0. The maximum Gasteiger partial charge on any atom is 0.289 e. The lowest BCUT2D eigenvalue weighted by Crippen LogP contribution is -2.53. The Kier molecular flexibility index (Phi) is 12.2. The van der Waals surface area contributed by atoms with Crippen molar-refractivity contribution < 1.29 is 13.9 Å². The highest BCUT2D eigenvalue weighted by molar-refractivity contribution is 14.0. The van der Waals surface area contributed by atoms with Crippen LogP contribution in [0.5, 0.6) is 0 Å². The van der Waals surface area contributed by atoms with E-state index in [2.05, 4.69) is 24.1 Å². The quantitative estimate of drug-likeness (QED) is 0.249. The van der Waals surface area contributed by atoms with Crippen molar-refractivity contribution in [2.45, 2.75) is 33.1 Å². The van der Waals surface area contributed by atoms with Gasteiger partial charge in [-0.3, -0.25) is 9.79 Å². The van der Waals surface area contributed by atoms with Gasteiger partial charge in [0.05, 0.1) is 6.26 Å². The Bertz CT molecular complexity index is 543. The molecule has 1 fully saturated rings. The van der Waals surface area contributed by atoms with E-state index in [-0.39, 0.29) is 29.9 Å². The summed E-state index contributed by atoms with van der Waals surface area (Å²) in [5.41, 5.74) is 0. The molecule has 0 unspecified atom stereocenters. The lowest BCUT2D eigenvalue weighted by atomic mass is 10.3. The number of nitrogens with one attached hydrogen (secondary N) is 1. The van der Waals surface area contributed by atoms with Crippen molar-refractivity contribution >= 4 is 35.8 Å². The van der Waals surface area contributed by atoms with Crippen molar-refractivity contribution in [2.24, 2.45) is 4.99 Å². The number of amides is 1. The summed E-state index contributed by atoms with van der Waals surface area (Å²) in [6, 6.07) is 3.45. The lowest BCUT2D eigenvalue weighted by Gasteiger charge is -2.36. The van der Waals surface area contributed by atoms with Crippen molar-refractivity contribution in [3.8, 4) is 0 Å². The second kappa shape index (κ2) is 13.8. The first kappa shape index (κ1) is 23.7. The standard InChI is InChI=1S/C19H32N4O3.HI/c1-3-5-14-25-15-7-9-21-19(20-4-2)23-12-10-22(11-13-23)18(24)17-8-6-16-26-17;/h6,8,16H,3-5,7,9-15H2,1-2H3,(H,20,21);1H. The second-order valence-electron chi connectivity index (χ2n) is 6.31. The fourth-order valence-electron chi connectivity index (χ4n) is 2.80. The van der Waals surface area contributed by atoms with E-state index in [0.29, 0.717) is 18.8 Å². The molecule has 2 heterocycles. The van der Waals surface area contributed by atoms with Gasteiger partial charge in [-0.1, -0.05) is 13.3 Å². The molecule has 8 heteroatoms. The Hall–Kier alpha value is -1.29. The SMILES string of the molecule is CCCCOCCCN=C(NCC)N1CCN(C(=O)c2ccco2)CC1.I. The Morgan fingerprint density at radius 2 is 1.89 bits per heavy atom. The third kappa shape index (κ3) is 8.08. The van der Waals surface area contributed by atoms with E-state index in [9.17, 15) is 4.79 Å². The molecule has 0 saturated carbocycles. The van der Waals surface area contributed by atoms with Crippen LogP contribution in [0.4, 0.5) is 0 Å². The maximum atomic E-state index is 12.3. The topological polar surface area (TPSA) is 70.3 Å². The van der Waals surface area contributed by atoms with Crippen molar-refractivity contribution in [1.29, 1.82) is 0 Å². The lowest BCUT2D eigenvalue weighted by molar-refractivity contribution is 0.0657. The smallest absolute Gasteiger partial charge is 0.289 e. The van der Waals surface area contributed by atoms with E-state index in [1.54, 1.807) is 12.1 Å². The number of aliphatic imine (C=N–C) groups is 1. The van der Waals surface area contributed by atoms with Gasteiger partial charge in [-0.25, -0.2) is 0 Å². The molecule has 154 valence electrons. The van der Waals surface area contributed by atoms with Crippen molar-refractivity contribution in [3.05, 3.63) is 24.2 Å². The van der Waals surface area contributed by atoms with Gasteiger partial charge in [-0.15, -0.1) is 24.0 Å². The number of carbonyl (C=O) groups is 1. The average molecular weight is 492 g/mol. The molecule has 0 aromatic carbocycles. The highest BCUT2D eigenvalue weighted by Gasteiger charge is 2.25. The third-order valence-electron chi connectivity index (χ3n) is 4.28. The van der Waals surface area contributed by atoms with Gasteiger partial charge in [-0.2, -0.15) is 0 Å². The monoisotopic (exact) mass is 492 g/mol. The molecule has 1 amide bonds. The molecule has 27 heavy (non-hydrogen) atoms. The van der Waals surface area contributed by atoms with Gasteiger partial charge in [0.2, 0.25) is 0 Å². The zero-order valence-corrected chi connectivity index (χ0v) is 18.8. The number of piperazine rings is 1. The fourth-order valence-corrected chi connectivity index (χ4v) is 2.80. The van der Waals surface area contributed by atoms with Crippen LogP contribution in [0, 0.1) is 0 Å². The van der Waals surface area contributed by atoms with Crippen LogP contribution >= 0.6 is 24.0 Å². The Labute approximate surface area is 179 Å². The number of furan rings is 1. The minimum Gasteiger partial charge on any atom is -0.459 e. The van der Waals surface area contributed by atoms with E-state index in [1.165, 1.54) is 6.26 Å². The number of hydrogen-bond acceptors (Lipinski definition) is 4. The van der Waals surface area contributed by atoms with Gasteiger partial charge < -0.3 is 24.3 Å². The molecule has 0 aliphatic carbocycles. The van der Waals surface area contributed by atoms with Crippen molar-refractivity contribution in [3.63, 3.8) is 0 Å². The Balaban J connectivity index is 0.00000364. The second-order valence-corrected chi connectivity index (χ2v) is 6.31. The van der Waals surface area contributed by atoms with Gasteiger partial charge in [0, 0.05) is 52.5 Å². The molecular formula is C19H33IN4O3. The van der Waals surface area contributed by atoms with E-state index in [4.69, 9.17) is 14.1 Å². The Morgan fingerprint density at radius 3 is 2.52 bits per heavy atom. The highest BCUT2D eigenvalue weighted by atomic mass is 127. The molecule has 1 aromatic heterocycles. The zero-order chi connectivity index (χ0) is 18.6. The summed E-state index contributed by atoms with van der Waals surface area (Å²) in [6.07, 6.45) is 4.74. The summed E-state index contributed by atoms with van der Waals surface area (Å²) in [4.78, 5) is 21.1. The van der Waals surface area contributed by atoms with E-state index < -0.39 is 0 Å². The average Bonchev–Trinajstić information content (AvgIpc) is 3.21. The van der Waals surface area contributed by atoms with Gasteiger partial charge in [-0.05, 0) is 31.9 Å². The van der Waals surface area contributed by atoms with Crippen LogP contribution in [0.2, 0.25) is 0 Å². The first-order valence-electron chi connectivity index (χ1n) is 9.70. The summed E-state index contributed by atoms with van der Waals surface area (Å²) in [6.45, 7) is 10.3. The molecule has 1 saturated heterocycles. The molecule has 1 aliphatic rings. The number of ether oxygens (including phenoxy) is 1.